The normalized spacial score (nSPS) is 11.7. The van der Waals surface area contributed by atoms with Gasteiger partial charge >= 0.3 is 0 Å². The molecule has 3 nitrogen and oxygen atoms in total. The minimum Gasteiger partial charge on any atom is -0.383 e. The lowest BCUT2D eigenvalue weighted by atomic mass is 9.91. The second-order valence-corrected chi connectivity index (χ2v) is 7.17. The van der Waals surface area contributed by atoms with E-state index in [0.29, 0.717) is 11.6 Å². The fourth-order valence-corrected chi connectivity index (χ4v) is 3.13. The Hall–Kier alpha value is -1.17. The van der Waals surface area contributed by atoms with Gasteiger partial charge in [-0.15, -0.1) is 0 Å². The molecule has 4 heteroatoms. The Labute approximate surface area is 134 Å². The molecule has 0 aliphatic rings. The monoisotopic (exact) mass is 381 g/mol. The van der Waals surface area contributed by atoms with E-state index in [4.69, 9.17) is 10.7 Å². The minimum atomic E-state index is -0.0555. The minimum absolute atomic E-state index is 0.0555. The smallest absolute Gasteiger partial charge is 0.162 e. The van der Waals surface area contributed by atoms with Crippen molar-refractivity contribution in [2.24, 2.45) is 0 Å². The van der Waals surface area contributed by atoms with Gasteiger partial charge in [0.25, 0.3) is 0 Å². The van der Waals surface area contributed by atoms with Gasteiger partial charge in [-0.05, 0) is 47.6 Å². The molecule has 1 aromatic carbocycles. The third kappa shape index (κ3) is 2.80. The summed E-state index contributed by atoms with van der Waals surface area (Å²) in [5.41, 5.74) is 10.5. The summed E-state index contributed by atoms with van der Waals surface area (Å²) in [5, 5.41) is 0. The summed E-state index contributed by atoms with van der Waals surface area (Å²) < 4.78 is 0.948. The van der Waals surface area contributed by atoms with E-state index >= 15 is 0 Å². The number of rotatable bonds is 1. The summed E-state index contributed by atoms with van der Waals surface area (Å²) in [6.45, 7) is 10.6. The van der Waals surface area contributed by atoms with Gasteiger partial charge in [-0.25, -0.2) is 9.97 Å². The van der Waals surface area contributed by atoms with E-state index in [-0.39, 0.29) is 5.41 Å². The van der Waals surface area contributed by atoms with Gasteiger partial charge in [-0.3, -0.25) is 0 Å². The number of hydrogen-bond donors (Lipinski definition) is 1. The molecule has 106 valence electrons. The molecule has 0 aliphatic heterocycles. The lowest BCUT2D eigenvalue weighted by molar-refractivity contribution is 0.564. The third-order valence-electron chi connectivity index (χ3n) is 3.43. The second kappa shape index (κ2) is 5.31. The molecule has 2 rings (SSSR count). The van der Waals surface area contributed by atoms with Crippen LogP contribution in [0.1, 0.15) is 37.6 Å². The van der Waals surface area contributed by atoms with Crippen LogP contribution in [-0.4, -0.2) is 9.97 Å². The lowest BCUT2D eigenvalue weighted by Gasteiger charge is -2.21. The van der Waals surface area contributed by atoms with E-state index in [9.17, 15) is 0 Å². The van der Waals surface area contributed by atoms with E-state index in [0.717, 1.165) is 14.8 Å². The highest BCUT2D eigenvalue weighted by Gasteiger charge is 2.23. The van der Waals surface area contributed by atoms with E-state index < -0.39 is 0 Å². The molecule has 0 atom stereocenters. The Morgan fingerprint density at radius 1 is 1.10 bits per heavy atom. The van der Waals surface area contributed by atoms with Crippen LogP contribution in [0.4, 0.5) is 5.82 Å². The van der Waals surface area contributed by atoms with Crippen molar-refractivity contribution in [3.63, 3.8) is 0 Å². The molecule has 20 heavy (non-hydrogen) atoms. The van der Waals surface area contributed by atoms with Crippen LogP contribution in [0, 0.1) is 17.4 Å². The number of nitrogen functional groups attached to an aromatic ring is 1. The first-order chi connectivity index (χ1) is 9.21. The van der Waals surface area contributed by atoms with Gasteiger partial charge in [0.2, 0.25) is 0 Å². The largest absolute Gasteiger partial charge is 0.383 e. The molecule has 0 spiro atoms. The molecule has 0 saturated heterocycles. The standard InChI is InChI=1S/C16H20IN3/c1-9-7-6-8-11(10(9)2)15-19-13(16(3,4)5)12(17)14(18)20-15/h6-8H,1-5H3,(H2,18,19,20). The van der Waals surface area contributed by atoms with Crippen LogP contribution in [0.5, 0.6) is 0 Å². The van der Waals surface area contributed by atoms with Crippen molar-refractivity contribution in [2.75, 3.05) is 5.73 Å². The van der Waals surface area contributed by atoms with E-state index in [1.165, 1.54) is 11.1 Å². The first-order valence-corrected chi connectivity index (χ1v) is 7.69. The average molecular weight is 381 g/mol. The maximum absolute atomic E-state index is 6.08. The number of benzene rings is 1. The van der Waals surface area contributed by atoms with Crippen LogP contribution in [-0.2, 0) is 5.41 Å². The maximum Gasteiger partial charge on any atom is 0.162 e. The molecule has 0 fully saturated rings. The predicted molar refractivity (Wildman–Crippen MR) is 92.8 cm³/mol. The molecule has 1 heterocycles. The summed E-state index contributed by atoms with van der Waals surface area (Å²) >= 11 is 2.23. The Morgan fingerprint density at radius 2 is 1.75 bits per heavy atom. The van der Waals surface area contributed by atoms with Crippen molar-refractivity contribution in [3.8, 4) is 11.4 Å². The van der Waals surface area contributed by atoms with Gasteiger partial charge in [0.1, 0.15) is 5.82 Å². The molecule has 0 unspecified atom stereocenters. The Bertz CT molecular complexity index is 658. The zero-order valence-electron chi connectivity index (χ0n) is 12.6. The fourth-order valence-electron chi connectivity index (χ4n) is 2.08. The summed E-state index contributed by atoms with van der Waals surface area (Å²) in [5.74, 6) is 1.27. The predicted octanol–water partition coefficient (Wildman–Crippen LogP) is 4.24. The summed E-state index contributed by atoms with van der Waals surface area (Å²) in [6, 6.07) is 6.18. The number of halogens is 1. The third-order valence-corrected chi connectivity index (χ3v) is 4.50. The van der Waals surface area contributed by atoms with Gasteiger partial charge in [0.05, 0.1) is 9.26 Å². The number of nitrogens with two attached hydrogens (primary N) is 1. The lowest BCUT2D eigenvalue weighted by Crippen LogP contribution is -2.18. The quantitative estimate of drug-likeness (QED) is 0.752. The van der Waals surface area contributed by atoms with E-state index in [2.05, 4.69) is 74.3 Å². The van der Waals surface area contributed by atoms with Crippen molar-refractivity contribution < 1.29 is 0 Å². The van der Waals surface area contributed by atoms with Gasteiger partial charge in [-0.2, -0.15) is 0 Å². The van der Waals surface area contributed by atoms with E-state index in [1.807, 2.05) is 6.07 Å². The van der Waals surface area contributed by atoms with Crippen LogP contribution in [0.25, 0.3) is 11.4 Å². The Kier molecular flexibility index (Phi) is 4.04. The average Bonchev–Trinajstić information content (AvgIpc) is 2.34. The number of hydrogen-bond acceptors (Lipinski definition) is 3. The number of aryl methyl sites for hydroxylation is 1. The first kappa shape index (κ1) is 15.2. The zero-order valence-corrected chi connectivity index (χ0v) is 14.7. The summed E-state index contributed by atoms with van der Waals surface area (Å²) in [4.78, 5) is 9.26. The summed E-state index contributed by atoms with van der Waals surface area (Å²) in [7, 11) is 0. The molecule has 0 aliphatic carbocycles. The van der Waals surface area contributed by atoms with Crippen LogP contribution < -0.4 is 5.73 Å². The molecular weight excluding hydrogens is 361 g/mol. The van der Waals surface area contributed by atoms with Crippen LogP contribution in [0.2, 0.25) is 0 Å². The zero-order chi connectivity index (χ0) is 15.1. The van der Waals surface area contributed by atoms with Gasteiger partial charge in [0.15, 0.2) is 5.82 Å². The van der Waals surface area contributed by atoms with Crippen molar-refractivity contribution in [1.29, 1.82) is 0 Å². The highest BCUT2D eigenvalue weighted by Crippen LogP contribution is 2.31. The summed E-state index contributed by atoms with van der Waals surface area (Å²) in [6.07, 6.45) is 0. The highest BCUT2D eigenvalue weighted by atomic mass is 127. The molecule has 1 aromatic heterocycles. The van der Waals surface area contributed by atoms with Crippen LogP contribution >= 0.6 is 22.6 Å². The Balaban J connectivity index is 2.71. The van der Waals surface area contributed by atoms with Crippen molar-refractivity contribution in [2.45, 2.75) is 40.0 Å². The molecule has 0 amide bonds. The first-order valence-electron chi connectivity index (χ1n) is 6.62. The highest BCUT2D eigenvalue weighted by molar-refractivity contribution is 14.1. The molecule has 2 N–H and O–H groups in total. The maximum atomic E-state index is 6.08. The molecular formula is C16H20IN3. The molecule has 0 bridgehead atoms. The van der Waals surface area contributed by atoms with Gasteiger partial charge < -0.3 is 5.73 Å². The van der Waals surface area contributed by atoms with Crippen molar-refractivity contribution >= 4 is 28.4 Å². The van der Waals surface area contributed by atoms with Crippen molar-refractivity contribution in [1.82, 2.24) is 9.97 Å². The van der Waals surface area contributed by atoms with E-state index in [1.54, 1.807) is 0 Å². The fraction of sp³-hybridized carbons (Fsp3) is 0.375. The number of nitrogens with zero attached hydrogens (tertiary/aromatic N) is 2. The topological polar surface area (TPSA) is 51.8 Å². The van der Waals surface area contributed by atoms with Crippen LogP contribution in [0.15, 0.2) is 18.2 Å². The molecule has 2 aromatic rings. The van der Waals surface area contributed by atoms with Gasteiger partial charge in [0, 0.05) is 11.0 Å². The Morgan fingerprint density at radius 3 is 2.35 bits per heavy atom. The second-order valence-electron chi connectivity index (χ2n) is 6.09. The molecule has 0 radical (unpaired) electrons. The van der Waals surface area contributed by atoms with Crippen molar-refractivity contribution in [3.05, 3.63) is 38.6 Å². The SMILES string of the molecule is Cc1cccc(-c2nc(N)c(I)c(C(C)(C)C)n2)c1C. The molecule has 0 saturated carbocycles. The number of anilines is 1. The van der Waals surface area contributed by atoms with Gasteiger partial charge in [-0.1, -0.05) is 39.0 Å². The number of aromatic nitrogens is 2. The van der Waals surface area contributed by atoms with Crippen LogP contribution in [0.3, 0.4) is 0 Å².